The van der Waals surface area contributed by atoms with E-state index in [0.29, 0.717) is 24.2 Å². The van der Waals surface area contributed by atoms with Crippen LogP contribution in [0.25, 0.3) is 0 Å². The SMILES string of the molecule is CSc1ccc2c(c1)C(N1CCN(C)C(C)C1)Cc1ccccc1S2.O=C(O)/C=C/C(=O)O. The third kappa shape index (κ3) is 6.86. The van der Waals surface area contributed by atoms with Gasteiger partial charge in [0.25, 0.3) is 0 Å². The zero-order valence-corrected chi connectivity index (χ0v) is 20.7. The molecule has 0 amide bonds. The van der Waals surface area contributed by atoms with Gasteiger partial charge in [0.2, 0.25) is 0 Å². The molecule has 0 aromatic heterocycles. The highest BCUT2D eigenvalue weighted by Gasteiger charge is 2.31. The number of carboxylic acids is 2. The van der Waals surface area contributed by atoms with Crippen molar-refractivity contribution in [3.05, 3.63) is 65.7 Å². The number of hydrogen-bond acceptors (Lipinski definition) is 6. The van der Waals surface area contributed by atoms with Crippen molar-refractivity contribution in [3.8, 4) is 0 Å². The Hall–Kier alpha value is -2.26. The lowest BCUT2D eigenvalue weighted by Gasteiger charge is -2.42. The highest BCUT2D eigenvalue weighted by molar-refractivity contribution is 7.99. The summed E-state index contributed by atoms with van der Waals surface area (Å²) in [6, 6.07) is 17.1. The lowest BCUT2D eigenvalue weighted by molar-refractivity contribution is -0.134. The molecule has 6 nitrogen and oxygen atoms in total. The first-order chi connectivity index (χ1) is 15.8. The second kappa shape index (κ2) is 11.7. The standard InChI is InChI=1S/C21H26N2S2.C4H4O4/c1-15-14-23(11-10-22(15)2)19-12-16-6-4-5-7-20(16)25-21-9-8-17(24-3)13-18(19)21;5-3(6)1-2-4(7)8/h4-9,13,15,19H,10-12,14H2,1-3H3;1-2H,(H,5,6)(H,7,8)/b;2-1+. The fraction of sp³-hybridized carbons (Fsp3) is 0.360. The van der Waals surface area contributed by atoms with Crippen molar-refractivity contribution in [2.75, 3.05) is 32.9 Å². The summed E-state index contributed by atoms with van der Waals surface area (Å²) in [6.07, 6.45) is 4.41. The number of carbonyl (C=O) groups is 2. The Labute approximate surface area is 203 Å². The van der Waals surface area contributed by atoms with Gasteiger partial charge in [0, 0.05) is 58.6 Å². The zero-order chi connectivity index (χ0) is 24.0. The number of aliphatic carboxylic acids is 2. The van der Waals surface area contributed by atoms with Gasteiger partial charge < -0.3 is 15.1 Å². The summed E-state index contributed by atoms with van der Waals surface area (Å²) in [6.45, 7) is 5.81. The van der Waals surface area contributed by atoms with Crippen LogP contribution in [0.5, 0.6) is 0 Å². The number of nitrogens with zero attached hydrogens (tertiary/aromatic N) is 2. The third-order valence-corrected chi connectivity index (χ3v) is 7.92. The molecular weight excluding hydrogens is 456 g/mol. The van der Waals surface area contributed by atoms with Crippen molar-refractivity contribution in [2.45, 2.75) is 40.1 Å². The number of likely N-dealkylation sites (N-methyl/N-ethyl adjacent to an activating group) is 1. The van der Waals surface area contributed by atoms with Gasteiger partial charge in [0.15, 0.2) is 0 Å². The lowest BCUT2D eigenvalue weighted by atomic mass is 9.96. The van der Waals surface area contributed by atoms with Crippen LogP contribution >= 0.6 is 23.5 Å². The van der Waals surface area contributed by atoms with Crippen LogP contribution in [-0.4, -0.2) is 70.9 Å². The summed E-state index contributed by atoms with van der Waals surface area (Å²) < 4.78 is 0. The van der Waals surface area contributed by atoms with Crippen molar-refractivity contribution in [2.24, 2.45) is 0 Å². The first kappa shape index (κ1) is 25.4. The van der Waals surface area contributed by atoms with Gasteiger partial charge in [-0.1, -0.05) is 30.0 Å². The molecule has 1 fully saturated rings. The van der Waals surface area contributed by atoms with Crippen LogP contribution < -0.4 is 0 Å². The predicted octanol–water partition coefficient (Wildman–Crippen LogP) is 4.50. The second-order valence-corrected chi connectivity index (χ2v) is 10.1. The zero-order valence-electron chi connectivity index (χ0n) is 19.1. The highest BCUT2D eigenvalue weighted by Crippen LogP contribution is 2.44. The van der Waals surface area contributed by atoms with E-state index in [9.17, 15) is 9.59 Å². The maximum absolute atomic E-state index is 9.55. The van der Waals surface area contributed by atoms with Gasteiger partial charge >= 0.3 is 11.9 Å². The van der Waals surface area contributed by atoms with Crippen molar-refractivity contribution in [1.29, 1.82) is 0 Å². The smallest absolute Gasteiger partial charge is 0.328 e. The van der Waals surface area contributed by atoms with E-state index in [4.69, 9.17) is 10.2 Å². The van der Waals surface area contributed by atoms with Gasteiger partial charge in [-0.2, -0.15) is 0 Å². The minimum atomic E-state index is -1.26. The first-order valence-electron chi connectivity index (χ1n) is 10.8. The molecule has 33 heavy (non-hydrogen) atoms. The molecule has 2 aliphatic heterocycles. The number of thioether (sulfide) groups is 1. The number of hydrogen-bond donors (Lipinski definition) is 2. The predicted molar refractivity (Wildman–Crippen MR) is 133 cm³/mol. The van der Waals surface area contributed by atoms with E-state index < -0.39 is 11.9 Å². The minimum absolute atomic E-state index is 0.481. The van der Waals surface area contributed by atoms with Crippen LogP contribution in [-0.2, 0) is 16.0 Å². The molecule has 2 heterocycles. The van der Waals surface area contributed by atoms with E-state index in [-0.39, 0.29) is 0 Å². The Morgan fingerprint density at radius 1 is 1.06 bits per heavy atom. The number of benzene rings is 2. The largest absolute Gasteiger partial charge is 0.478 e. The van der Waals surface area contributed by atoms with Gasteiger partial charge in [-0.05, 0) is 62.0 Å². The summed E-state index contributed by atoms with van der Waals surface area (Å²) in [4.78, 5) is 28.5. The Morgan fingerprint density at radius 3 is 2.39 bits per heavy atom. The van der Waals surface area contributed by atoms with Crippen molar-refractivity contribution >= 4 is 35.5 Å². The van der Waals surface area contributed by atoms with Gasteiger partial charge in [-0.15, -0.1) is 11.8 Å². The first-order valence-corrected chi connectivity index (χ1v) is 12.8. The van der Waals surface area contributed by atoms with Gasteiger partial charge in [0.05, 0.1) is 0 Å². The summed E-state index contributed by atoms with van der Waals surface area (Å²) >= 11 is 3.79. The molecule has 1 saturated heterocycles. The van der Waals surface area contributed by atoms with Gasteiger partial charge in [-0.3, -0.25) is 4.90 Å². The summed E-state index contributed by atoms with van der Waals surface area (Å²) in [7, 11) is 2.25. The quantitative estimate of drug-likeness (QED) is 0.483. The maximum atomic E-state index is 9.55. The molecule has 0 spiro atoms. The number of piperazine rings is 1. The van der Waals surface area contributed by atoms with E-state index in [1.165, 1.54) is 25.8 Å². The monoisotopic (exact) mass is 486 g/mol. The Balaban J connectivity index is 0.000000331. The van der Waals surface area contributed by atoms with E-state index in [1.54, 1.807) is 0 Å². The average molecular weight is 487 g/mol. The number of carboxylic acid groups (broad SMARTS) is 2. The van der Waals surface area contributed by atoms with Crippen molar-refractivity contribution < 1.29 is 19.8 Å². The Kier molecular flexibility index (Phi) is 9.02. The normalized spacial score (nSPS) is 20.8. The van der Waals surface area contributed by atoms with Crippen LogP contribution in [0, 0.1) is 0 Å². The molecule has 2 aromatic rings. The van der Waals surface area contributed by atoms with E-state index >= 15 is 0 Å². The Bertz CT molecular complexity index is 1010. The van der Waals surface area contributed by atoms with Crippen LogP contribution in [0.15, 0.2) is 69.3 Å². The molecule has 2 aromatic carbocycles. The van der Waals surface area contributed by atoms with Gasteiger partial charge in [0.1, 0.15) is 0 Å². The molecule has 0 bridgehead atoms. The molecule has 0 aliphatic carbocycles. The van der Waals surface area contributed by atoms with Gasteiger partial charge in [-0.25, -0.2) is 9.59 Å². The van der Waals surface area contributed by atoms with E-state index in [0.717, 1.165) is 26.1 Å². The topological polar surface area (TPSA) is 81.1 Å². The minimum Gasteiger partial charge on any atom is -0.478 e. The molecule has 2 aliphatic rings. The molecule has 2 N–H and O–H groups in total. The van der Waals surface area contributed by atoms with E-state index in [1.807, 2.05) is 23.5 Å². The Morgan fingerprint density at radius 2 is 1.76 bits per heavy atom. The maximum Gasteiger partial charge on any atom is 0.328 e. The molecule has 0 radical (unpaired) electrons. The molecule has 4 rings (SSSR count). The third-order valence-electron chi connectivity index (χ3n) is 5.98. The molecule has 2 unspecified atom stereocenters. The lowest BCUT2D eigenvalue weighted by Crippen LogP contribution is -2.51. The van der Waals surface area contributed by atoms with E-state index in [2.05, 4.69) is 72.5 Å². The fourth-order valence-corrected chi connectivity index (χ4v) is 5.61. The fourth-order valence-electron chi connectivity index (χ4n) is 4.04. The molecule has 8 heteroatoms. The van der Waals surface area contributed by atoms with Crippen LogP contribution in [0.3, 0.4) is 0 Å². The van der Waals surface area contributed by atoms with Crippen molar-refractivity contribution in [3.63, 3.8) is 0 Å². The van der Waals surface area contributed by atoms with Crippen LogP contribution in [0.4, 0.5) is 0 Å². The van der Waals surface area contributed by atoms with Crippen LogP contribution in [0.1, 0.15) is 24.1 Å². The second-order valence-electron chi connectivity index (χ2n) is 8.17. The number of rotatable bonds is 4. The summed E-state index contributed by atoms with van der Waals surface area (Å²) in [5.41, 5.74) is 3.01. The highest BCUT2D eigenvalue weighted by atomic mass is 32.2. The molecule has 2 atom stereocenters. The molecule has 0 saturated carbocycles. The average Bonchev–Trinajstić information content (AvgIpc) is 2.96. The van der Waals surface area contributed by atoms with Crippen molar-refractivity contribution in [1.82, 2.24) is 9.80 Å². The summed E-state index contributed by atoms with van der Waals surface area (Å²) in [5, 5.41) is 15.6. The van der Waals surface area contributed by atoms with Crippen LogP contribution in [0.2, 0.25) is 0 Å². The summed E-state index contributed by atoms with van der Waals surface area (Å²) in [5.74, 6) is -2.51. The molecule has 176 valence electrons. The number of fused-ring (bicyclic) bond motifs is 2. The molecular formula is C25H30N2O4S2.